The average molecular weight is 276 g/mol. The predicted octanol–water partition coefficient (Wildman–Crippen LogP) is 4.24. The topological polar surface area (TPSA) is 9.23 Å². The lowest BCUT2D eigenvalue weighted by Gasteiger charge is -2.49. The molecule has 106 valence electrons. The first-order valence-electron chi connectivity index (χ1n) is 5.33. The zero-order valence-corrected chi connectivity index (χ0v) is 9.95. The molecule has 0 aromatic carbocycles. The summed E-state index contributed by atoms with van der Waals surface area (Å²) >= 11 is 0. The summed E-state index contributed by atoms with van der Waals surface area (Å²) in [5.41, 5.74) is -5.64. The van der Waals surface area contributed by atoms with E-state index in [2.05, 4.69) is 11.3 Å². The predicted molar refractivity (Wildman–Crippen MR) is 52.9 cm³/mol. The zero-order valence-electron chi connectivity index (χ0n) is 9.95. The summed E-state index contributed by atoms with van der Waals surface area (Å²) in [7, 11) is 0. The number of halogens is 6. The molecule has 1 aliphatic rings. The second-order valence-corrected chi connectivity index (χ2v) is 4.91. The van der Waals surface area contributed by atoms with Gasteiger partial charge in [-0.1, -0.05) is 6.08 Å². The molecule has 0 radical (unpaired) electrons. The molecule has 7 heteroatoms. The van der Waals surface area contributed by atoms with Gasteiger partial charge in [-0.2, -0.15) is 26.3 Å². The fourth-order valence-electron chi connectivity index (χ4n) is 2.24. The Morgan fingerprint density at radius 1 is 1.11 bits per heavy atom. The van der Waals surface area contributed by atoms with Gasteiger partial charge < -0.3 is 4.74 Å². The van der Waals surface area contributed by atoms with E-state index in [0.29, 0.717) is 0 Å². The molecule has 0 bridgehead atoms. The molecule has 1 atom stereocenters. The van der Waals surface area contributed by atoms with Crippen molar-refractivity contribution < 1.29 is 31.1 Å². The molecular weight excluding hydrogens is 262 g/mol. The minimum Gasteiger partial charge on any atom is -0.351 e. The van der Waals surface area contributed by atoms with Gasteiger partial charge in [0.05, 0.1) is 5.60 Å². The maximum atomic E-state index is 12.8. The number of alkyl halides is 6. The molecule has 0 aliphatic carbocycles. The van der Waals surface area contributed by atoms with E-state index in [1.165, 1.54) is 19.9 Å². The molecule has 18 heavy (non-hydrogen) atoms. The van der Waals surface area contributed by atoms with Crippen LogP contribution in [0, 0.1) is 5.92 Å². The second-order valence-electron chi connectivity index (χ2n) is 4.91. The van der Waals surface area contributed by atoms with Gasteiger partial charge >= 0.3 is 12.4 Å². The van der Waals surface area contributed by atoms with Crippen molar-refractivity contribution in [1.29, 1.82) is 0 Å². The summed E-state index contributed by atoms with van der Waals surface area (Å²) in [4.78, 5) is 0. The Bertz CT molecular complexity index is 313. The zero-order chi connectivity index (χ0) is 14.4. The van der Waals surface area contributed by atoms with Gasteiger partial charge in [0, 0.05) is 5.92 Å². The van der Waals surface area contributed by atoms with Crippen LogP contribution in [0.25, 0.3) is 0 Å². The summed E-state index contributed by atoms with van der Waals surface area (Å²) in [6.45, 7) is 5.84. The van der Waals surface area contributed by atoms with Gasteiger partial charge in [-0.15, -0.1) is 6.58 Å². The van der Waals surface area contributed by atoms with Crippen LogP contribution in [0.1, 0.15) is 26.7 Å². The van der Waals surface area contributed by atoms with Crippen LogP contribution in [0.3, 0.4) is 0 Å². The Morgan fingerprint density at radius 3 is 1.83 bits per heavy atom. The van der Waals surface area contributed by atoms with Crippen LogP contribution in [0.2, 0.25) is 0 Å². The van der Waals surface area contributed by atoms with E-state index >= 15 is 0 Å². The first-order chi connectivity index (χ1) is 7.87. The van der Waals surface area contributed by atoms with Crippen LogP contribution in [-0.2, 0) is 4.74 Å². The number of hydrogen-bond acceptors (Lipinski definition) is 1. The molecule has 0 aromatic heterocycles. The summed E-state index contributed by atoms with van der Waals surface area (Å²) in [5.74, 6) is -0.546. The number of hydrogen-bond donors (Lipinski definition) is 0. The normalized spacial score (nSPS) is 27.9. The van der Waals surface area contributed by atoms with Crippen molar-refractivity contribution in [3.63, 3.8) is 0 Å². The van der Waals surface area contributed by atoms with Crippen LogP contribution in [0.15, 0.2) is 12.7 Å². The lowest BCUT2D eigenvalue weighted by atomic mass is 9.78. The first kappa shape index (κ1) is 15.3. The third-order valence-corrected chi connectivity index (χ3v) is 3.34. The first-order valence-corrected chi connectivity index (χ1v) is 5.33. The number of ether oxygens (including phenoxy) is 1. The minimum atomic E-state index is -5.49. The summed E-state index contributed by atoms with van der Waals surface area (Å²) < 4.78 is 81.2. The highest BCUT2D eigenvalue weighted by Gasteiger charge is 2.74. The van der Waals surface area contributed by atoms with Crippen molar-refractivity contribution in [2.75, 3.05) is 0 Å². The maximum absolute atomic E-state index is 12.8. The quantitative estimate of drug-likeness (QED) is 0.514. The van der Waals surface area contributed by atoms with E-state index in [-0.39, 0.29) is 6.42 Å². The van der Waals surface area contributed by atoms with Crippen molar-refractivity contribution in [3.8, 4) is 0 Å². The summed E-state index contributed by atoms with van der Waals surface area (Å²) in [6, 6.07) is 0. The SMILES string of the molecule is C=CC1CCC(C(F)(F)F)(C(F)(F)F)OC1(C)C. The van der Waals surface area contributed by atoms with Crippen molar-refractivity contribution in [2.45, 2.75) is 50.2 Å². The molecule has 0 saturated carbocycles. The van der Waals surface area contributed by atoms with Crippen molar-refractivity contribution in [2.24, 2.45) is 5.92 Å². The lowest BCUT2D eigenvalue weighted by molar-refractivity contribution is -0.415. The minimum absolute atomic E-state index is 0.268. The van der Waals surface area contributed by atoms with E-state index in [0.717, 1.165) is 0 Å². The molecular formula is C11H14F6O. The Labute approximate surface area is 101 Å². The molecule has 0 amide bonds. The molecule has 1 saturated heterocycles. The molecule has 1 rings (SSSR count). The molecule has 0 aromatic rings. The number of rotatable bonds is 1. The van der Waals surface area contributed by atoms with Crippen LogP contribution in [0.5, 0.6) is 0 Å². The molecule has 1 nitrogen and oxygen atoms in total. The van der Waals surface area contributed by atoms with E-state index in [9.17, 15) is 26.3 Å². The van der Waals surface area contributed by atoms with E-state index in [1.54, 1.807) is 0 Å². The van der Waals surface area contributed by atoms with Gasteiger partial charge in [0.1, 0.15) is 0 Å². The second kappa shape index (κ2) is 4.15. The molecule has 0 spiro atoms. The highest BCUT2D eigenvalue weighted by Crippen LogP contribution is 2.55. The van der Waals surface area contributed by atoms with E-state index in [1.807, 2.05) is 0 Å². The van der Waals surface area contributed by atoms with Gasteiger partial charge in [0.25, 0.3) is 5.60 Å². The van der Waals surface area contributed by atoms with Gasteiger partial charge in [-0.3, -0.25) is 0 Å². The standard InChI is InChI=1S/C11H14F6O/c1-4-7-5-6-9(10(12,13)14,11(15,16)17)18-8(7,2)3/h4,7H,1,5-6H2,2-3H3. The monoisotopic (exact) mass is 276 g/mol. The highest BCUT2D eigenvalue weighted by atomic mass is 19.4. The third kappa shape index (κ3) is 2.24. The Hall–Kier alpha value is -0.720. The van der Waals surface area contributed by atoms with E-state index in [4.69, 9.17) is 0 Å². The van der Waals surface area contributed by atoms with Gasteiger partial charge in [0.15, 0.2) is 0 Å². The van der Waals surface area contributed by atoms with Crippen molar-refractivity contribution in [1.82, 2.24) is 0 Å². The van der Waals surface area contributed by atoms with E-state index < -0.39 is 35.9 Å². The molecule has 1 aliphatic heterocycles. The fourth-order valence-corrected chi connectivity index (χ4v) is 2.24. The third-order valence-electron chi connectivity index (χ3n) is 3.34. The summed E-state index contributed by atoms with van der Waals surface area (Å²) in [6.07, 6.45) is -11.1. The van der Waals surface area contributed by atoms with Gasteiger partial charge in [-0.25, -0.2) is 0 Å². The van der Waals surface area contributed by atoms with Crippen LogP contribution in [-0.4, -0.2) is 23.6 Å². The van der Waals surface area contributed by atoms with Gasteiger partial charge in [-0.05, 0) is 26.7 Å². The van der Waals surface area contributed by atoms with Crippen molar-refractivity contribution >= 4 is 0 Å². The summed E-state index contributed by atoms with van der Waals surface area (Å²) in [5, 5.41) is 0. The maximum Gasteiger partial charge on any atom is 0.426 e. The molecule has 1 unspecified atom stereocenters. The largest absolute Gasteiger partial charge is 0.426 e. The fraction of sp³-hybridized carbons (Fsp3) is 0.818. The van der Waals surface area contributed by atoms with Gasteiger partial charge in [0.2, 0.25) is 0 Å². The molecule has 1 heterocycles. The highest BCUT2D eigenvalue weighted by molar-refractivity contribution is 5.06. The average Bonchev–Trinajstić information content (AvgIpc) is 2.12. The molecule has 0 N–H and O–H groups in total. The Morgan fingerprint density at radius 2 is 1.56 bits per heavy atom. The smallest absolute Gasteiger partial charge is 0.351 e. The Balaban J connectivity index is 3.23. The Kier molecular flexibility index (Phi) is 3.53. The van der Waals surface area contributed by atoms with Crippen LogP contribution in [0.4, 0.5) is 26.3 Å². The molecule has 1 fully saturated rings. The van der Waals surface area contributed by atoms with Crippen LogP contribution < -0.4 is 0 Å². The lowest BCUT2D eigenvalue weighted by Crippen LogP contribution is -2.65. The van der Waals surface area contributed by atoms with Crippen LogP contribution >= 0.6 is 0 Å². The van der Waals surface area contributed by atoms with Crippen molar-refractivity contribution in [3.05, 3.63) is 12.7 Å².